The van der Waals surface area contributed by atoms with Crippen molar-refractivity contribution in [2.24, 2.45) is 0 Å². The molecule has 1 fully saturated rings. The molecule has 0 spiro atoms. The van der Waals surface area contributed by atoms with Gasteiger partial charge >= 0.3 is 0 Å². The molecule has 1 amide bonds. The molecule has 3 aromatic rings. The van der Waals surface area contributed by atoms with Crippen LogP contribution in [-0.2, 0) is 27.8 Å². The number of benzene rings is 1. The molecule has 7 nitrogen and oxygen atoms in total. The number of nitrogens with one attached hydrogen (secondary N) is 1. The summed E-state index contributed by atoms with van der Waals surface area (Å²) >= 11 is 7.08. The zero-order valence-corrected chi connectivity index (χ0v) is 19.2. The van der Waals surface area contributed by atoms with Gasteiger partial charge in [-0.3, -0.25) is 4.79 Å². The van der Waals surface area contributed by atoms with Gasteiger partial charge in [-0.2, -0.15) is 9.40 Å². The Kier molecular flexibility index (Phi) is 6.76. The van der Waals surface area contributed by atoms with E-state index in [0.29, 0.717) is 39.6 Å². The van der Waals surface area contributed by atoms with Crippen LogP contribution < -0.4 is 5.32 Å². The summed E-state index contributed by atoms with van der Waals surface area (Å²) in [5.74, 6) is 0.360. The minimum atomic E-state index is -3.47. The first-order valence-corrected chi connectivity index (χ1v) is 12.7. The van der Waals surface area contributed by atoms with E-state index in [1.807, 2.05) is 24.3 Å². The van der Waals surface area contributed by atoms with Crippen molar-refractivity contribution in [1.82, 2.24) is 14.1 Å². The SMILES string of the molecule is O=C(Cc1ccc(S(=O)(=O)N2CCCCC2)s1)Nc1ccnn1Cc1ccc(Cl)cc1. The lowest BCUT2D eigenvalue weighted by atomic mass is 10.2. The van der Waals surface area contributed by atoms with E-state index in [9.17, 15) is 13.2 Å². The van der Waals surface area contributed by atoms with Crippen molar-refractivity contribution in [3.63, 3.8) is 0 Å². The van der Waals surface area contributed by atoms with Crippen LogP contribution in [0.3, 0.4) is 0 Å². The second-order valence-corrected chi connectivity index (χ2v) is 11.2. The van der Waals surface area contributed by atoms with Crippen LogP contribution in [0.1, 0.15) is 29.7 Å². The first-order chi connectivity index (χ1) is 14.9. The maximum Gasteiger partial charge on any atom is 0.252 e. The number of thiophene rings is 1. The number of hydrogen-bond acceptors (Lipinski definition) is 5. The summed E-state index contributed by atoms with van der Waals surface area (Å²) in [6, 6.07) is 12.5. The predicted octanol–water partition coefficient (Wildman–Crippen LogP) is 4.00. The van der Waals surface area contributed by atoms with Gasteiger partial charge in [-0.05, 0) is 42.7 Å². The van der Waals surface area contributed by atoms with Crippen LogP contribution in [0.2, 0.25) is 5.02 Å². The smallest absolute Gasteiger partial charge is 0.252 e. The number of piperidine rings is 1. The Bertz CT molecular complexity index is 1150. The van der Waals surface area contributed by atoms with Gasteiger partial charge in [0.1, 0.15) is 10.0 Å². The third kappa shape index (κ3) is 5.35. The molecule has 10 heteroatoms. The summed E-state index contributed by atoms with van der Waals surface area (Å²) in [4.78, 5) is 13.3. The van der Waals surface area contributed by atoms with E-state index in [1.54, 1.807) is 33.4 Å². The molecule has 2 aromatic heterocycles. The number of rotatable bonds is 7. The van der Waals surface area contributed by atoms with Crippen molar-refractivity contribution >= 4 is 44.7 Å². The summed E-state index contributed by atoms with van der Waals surface area (Å²) < 4.78 is 29.1. The third-order valence-corrected chi connectivity index (χ3v) is 8.81. The van der Waals surface area contributed by atoms with Gasteiger partial charge in [-0.1, -0.05) is 30.2 Å². The Balaban J connectivity index is 1.39. The van der Waals surface area contributed by atoms with Crippen molar-refractivity contribution in [2.75, 3.05) is 18.4 Å². The van der Waals surface area contributed by atoms with E-state index in [1.165, 1.54) is 0 Å². The number of carbonyl (C=O) groups is 1. The molecule has 3 heterocycles. The van der Waals surface area contributed by atoms with Crippen LogP contribution >= 0.6 is 22.9 Å². The fourth-order valence-electron chi connectivity index (χ4n) is 3.50. The molecule has 4 rings (SSSR count). The molecule has 1 aromatic carbocycles. The van der Waals surface area contributed by atoms with Crippen molar-refractivity contribution < 1.29 is 13.2 Å². The number of amides is 1. The van der Waals surface area contributed by atoms with Gasteiger partial charge in [0.05, 0.1) is 19.2 Å². The fraction of sp³-hybridized carbons (Fsp3) is 0.333. The number of carbonyl (C=O) groups excluding carboxylic acids is 1. The summed E-state index contributed by atoms with van der Waals surface area (Å²) in [5, 5.41) is 7.80. The molecule has 1 aliphatic heterocycles. The normalized spacial score (nSPS) is 15.1. The number of hydrogen-bond donors (Lipinski definition) is 1. The highest BCUT2D eigenvalue weighted by Crippen LogP contribution is 2.27. The number of nitrogens with zero attached hydrogens (tertiary/aromatic N) is 3. The van der Waals surface area contributed by atoms with E-state index in [-0.39, 0.29) is 12.3 Å². The maximum atomic E-state index is 12.8. The Morgan fingerprint density at radius 3 is 2.55 bits per heavy atom. The van der Waals surface area contributed by atoms with Gasteiger partial charge in [0.25, 0.3) is 10.0 Å². The third-order valence-electron chi connectivity index (χ3n) is 5.11. The van der Waals surface area contributed by atoms with Crippen molar-refractivity contribution in [3.05, 3.63) is 64.1 Å². The first-order valence-electron chi connectivity index (χ1n) is 10.1. The molecule has 0 saturated carbocycles. The summed E-state index contributed by atoms with van der Waals surface area (Å²) in [7, 11) is -3.47. The molecule has 164 valence electrons. The maximum absolute atomic E-state index is 12.8. The molecule has 0 bridgehead atoms. The molecular formula is C21H23ClN4O3S2. The number of anilines is 1. The van der Waals surface area contributed by atoms with Gasteiger partial charge in [0.2, 0.25) is 5.91 Å². The molecule has 0 radical (unpaired) electrons. The molecule has 1 saturated heterocycles. The zero-order valence-electron chi connectivity index (χ0n) is 16.8. The second kappa shape index (κ2) is 9.52. The number of halogens is 1. The Morgan fingerprint density at radius 2 is 1.81 bits per heavy atom. The molecule has 0 aliphatic carbocycles. The van der Waals surface area contributed by atoms with Crippen molar-refractivity contribution in [3.8, 4) is 0 Å². The van der Waals surface area contributed by atoms with Gasteiger partial charge in [0.15, 0.2) is 0 Å². The summed E-state index contributed by atoms with van der Waals surface area (Å²) in [6.45, 7) is 1.62. The van der Waals surface area contributed by atoms with E-state index in [0.717, 1.165) is 36.2 Å². The number of aromatic nitrogens is 2. The second-order valence-electron chi connectivity index (χ2n) is 7.41. The lowest BCUT2D eigenvalue weighted by Gasteiger charge is -2.25. The average molecular weight is 479 g/mol. The van der Waals surface area contributed by atoms with E-state index in [4.69, 9.17) is 11.6 Å². The zero-order chi connectivity index (χ0) is 21.8. The molecule has 1 aliphatic rings. The standard InChI is InChI=1S/C21H23ClN4O3S2/c22-17-6-4-16(5-7-17)15-26-19(10-11-23-26)24-20(27)14-18-8-9-21(30-18)31(28,29)25-12-2-1-3-13-25/h4-11H,1-3,12-15H2,(H,24,27). The van der Waals surface area contributed by atoms with E-state index < -0.39 is 10.0 Å². The first kappa shape index (κ1) is 22.0. The van der Waals surface area contributed by atoms with E-state index in [2.05, 4.69) is 10.4 Å². The quantitative estimate of drug-likeness (QED) is 0.556. The molecular weight excluding hydrogens is 456 g/mol. The fourth-order valence-corrected chi connectivity index (χ4v) is 6.65. The van der Waals surface area contributed by atoms with Gasteiger partial charge in [-0.25, -0.2) is 13.1 Å². The molecule has 0 atom stereocenters. The topological polar surface area (TPSA) is 84.3 Å². The van der Waals surface area contributed by atoms with Crippen LogP contribution in [0.25, 0.3) is 0 Å². The minimum Gasteiger partial charge on any atom is -0.311 e. The highest BCUT2D eigenvalue weighted by Gasteiger charge is 2.27. The van der Waals surface area contributed by atoms with Gasteiger partial charge in [-0.15, -0.1) is 11.3 Å². The Labute approximate surface area is 190 Å². The van der Waals surface area contributed by atoms with Crippen LogP contribution in [0, 0.1) is 0 Å². The highest BCUT2D eigenvalue weighted by molar-refractivity contribution is 7.91. The van der Waals surface area contributed by atoms with Crippen LogP contribution in [-0.4, -0.2) is 41.5 Å². The molecule has 1 N–H and O–H groups in total. The monoisotopic (exact) mass is 478 g/mol. The lowest BCUT2D eigenvalue weighted by molar-refractivity contribution is -0.115. The van der Waals surface area contributed by atoms with Crippen LogP contribution in [0.5, 0.6) is 0 Å². The predicted molar refractivity (Wildman–Crippen MR) is 122 cm³/mol. The summed E-state index contributed by atoms with van der Waals surface area (Å²) in [6.07, 6.45) is 4.58. The average Bonchev–Trinajstić information content (AvgIpc) is 3.40. The Hall–Kier alpha value is -2.20. The lowest BCUT2D eigenvalue weighted by Crippen LogP contribution is -2.35. The molecule has 31 heavy (non-hydrogen) atoms. The van der Waals surface area contributed by atoms with Crippen molar-refractivity contribution in [2.45, 2.75) is 36.4 Å². The Morgan fingerprint density at radius 1 is 1.06 bits per heavy atom. The van der Waals surface area contributed by atoms with Gasteiger partial charge in [0, 0.05) is 29.1 Å². The van der Waals surface area contributed by atoms with Gasteiger partial charge < -0.3 is 5.32 Å². The minimum absolute atomic E-state index is 0.103. The highest BCUT2D eigenvalue weighted by atomic mass is 35.5. The van der Waals surface area contributed by atoms with E-state index >= 15 is 0 Å². The van der Waals surface area contributed by atoms with Crippen LogP contribution in [0.15, 0.2) is 52.9 Å². The number of sulfonamides is 1. The largest absolute Gasteiger partial charge is 0.311 e. The van der Waals surface area contributed by atoms with Crippen LogP contribution in [0.4, 0.5) is 5.82 Å². The van der Waals surface area contributed by atoms with Crippen molar-refractivity contribution in [1.29, 1.82) is 0 Å². The summed E-state index contributed by atoms with van der Waals surface area (Å²) in [5.41, 5.74) is 1.01. The molecule has 0 unspecified atom stereocenters.